The van der Waals surface area contributed by atoms with E-state index >= 15 is 0 Å². The van der Waals surface area contributed by atoms with E-state index in [9.17, 15) is 9.59 Å². The van der Waals surface area contributed by atoms with E-state index in [2.05, 4.69) is 17.6 Å². The molecule has 0 radical (unpaired) electrons. The first-order chi connectivity index (χ1) is 12.0. The lowest BCUT2D eigenvalue weighted by Crippen LogP contribution is -2.32. The number of rotatable bonds is 7. The summed E-state index contributed by atoms with van der Waals surface area (Å²) in [7, 11) is 0. The number of para-hydroxylation sites is 1. The number of anilines is 1. The van der Waals surface area contributed by atoms with Gasteiger partial charge in [-0.1, -0.05) is 50.2 Å². The second-order valence-corrected chi connectivity index (χ2v) is 6.22. The Hall–Kier alpha value is -2.62. The van der Waals surface area contributed by atoms with Gasteiger partial charge in [0.15, 0.2) is 0 Å². The third-order valence-electron chi connectivity index (χ3n) is 4.23. The van der Waals surface area contributed by atoms with E-state index in [1.54, 1.807) is 18.2 Å². The van der Waals surface area contributed by atoms with Gasteiger partial charge in [-0.05, 0) is 43.0 Å². The van der Waals surface area contributed by atoms with Gasteiger partial charge >= 0.3 is 0 Å². The predicted molar refractivity (Wildman–Crippen MR) is 102 cm³/mol. The molecule has 0 aliphatic heterocycles. The van der Waals surface area contributed by atoms with Crippen molar-refractivity contribution in [2.24, 2.45) is 0 Å². The van der Waals surface area contributed by atoms with Crippen LogP contribution in [0.15, 0.2) is 48.5 Å². The maximum absolute atomic E-state index is 12.4. The van der Waals surface area contributed by atoms with Gasteiger partial charge in [-0.3, -0.25) is 9.59 Å². The van der Waals surface area contributed by atoms with Gasteiger partial charge in [0.2, 0.25) is 5.91 Å². The van der Waals surface area contributed by atoms with E-state index in [4.69, 9.17) is 0 Å². The van der Waals surface area contributed by atoms with Crippen molar-refractivity contribution in [3.63, 3.8) is 0 Å². The number of amides is 2. The molecule has 0 saturated carbocycles. The van der Waals surface area contributed by atoms with Crippen LogP contribution in [-0.2, 0) is 17.6 Å². The molecule has 2 amide bonds. The molecule has 2 aromatic carbocycles. The van der Waals surface area contributed by atoms with Gasteiger partial charge in [-0.25, -0.2) is 0 Å². The molecule has 0 aliphatic carbocycles. The summed E-state index contributed by atoms with van der Waals surface area (Å²) in [6, 6.07) is 15.2. The summed E-state index contributed by atoms with van der Waals surface area (Å²) in [6.45, 7) is 6.07. The van der Waals surface area contributed by atoms with Crippen molar-refractivity contribution in [2.45, 2.75) is 46.1 Å². The van der Waals surface area contributed by atoms with Gasteiger partial charge in [-0.2, -0.15) is 0 Å². The van der Waals surface area contributed by atoms with Crippen LogP contribution in [0.3, 0.4) is 0 Å². The van der Waals surface area contributed by atoms with E-state index < -0.39 is 0 Å². The number of benzene rings is 2. The largest absolute Gasteiger partial charge is 0.350 e. The fraction of sp³-hybridized carbons (Fsp3) is 0.333. The molecule has 25 heavy (non-hydrogen) atoms. The standard InChI is InChI=1S/C21H26N2O2/c1-4-15(3)22-21(25)18-8-6-7-9-19(18)23-20(24)14-17-12-10-16(5-2)11-13-17/h6-13,15H,4-5,14H2,1-3H3,(H,22,25)(H,23,24)/t15-/m1/s1. The zero-order chi connectivity index (χ0) is 18.2. The van der Waals surface area contributed by atoms with Crippen LogP contribution >= 0.6 is 0 Å². The minimum Gasteiger partial charge on any atom is -0.350 e. The first-order valence-corrected chi connectivity index (χ1v) is 8.81. The smallest absolute Gasteiger partial charge is 0.253 e. The quantitative estimate of drug-likeness (QED) is 0.803. The van der Waals surface area contributed by atoms with Crippen LogP contribution in [0.1, 0.15) is 48.7 Å². The van der Waals surface area contributed by atoms with Crippen molar-refractivity contribution in [1.82, 2.24) is 5.32 Å². The van der Waals surface area contributed by atoms with Crippen LogP contribution in [0.4, 0.5) is 5.69 Å². The van der Waals surface area contributed by atoms with Crippen molar-refractivity contribution in [3.8, 4) is 0 Å². The average Bonchev–Trinajstić information content (AvgIpc) is 2.62. The number of aryl methyl sites for hydroxylation is 1. The highest BCUT2D eigenvalue weighted by Gasteiger charge is 2.14. The molecule has 1 atom stereocenters. The van der Waals surface area contributed by atoms with E-state index in [1.165, 1.54) is 5.56 Å². The lowest BCUT2D eigenvalue weighted by Gasteiger charge is -2.14. The Morgan fingerprint density at radius 1 is 0.960 bits per heavy atom. The second-order valence-electron chi connectivity index (χ2n) is 6.22. The van der Waals surface area contributed by atoms with Crippen molar-refractivity contribution < 1.29 is 9.59 Å². The van der Waals surface area contributed by atoms with E-state index in [-0.39, 0.29) is 24.3 Å². The Morgan fingerprint density at radius 2 is 1.60 bits per heavy atom. The number of nitrogens with one attached hydrogen (secondary N) is 2. The predicted octanol–water partition coefficient (Wildman–Crippen LogP) is 3.96. The molecule has 0 saturated heterocycles. The molecule has 0 spiro atoms. The molecule has 4 nitrogen and oxygen atoms in total. The van der Waals surface area contributed by atoms with Crippen LogP contribution in [-0.4, -0.2) is 17.9 Å². The molecular formula is C21H26N2O2. The zero-order valence-corrected chi connectivity index (χ0v) is 15.1. The number of carbonyl (C=O) groups excluding carboxylic acids is 2. The summed E-state index contributed by atoms with van der Waals surface area (Å²) in [5.74, 6) is -0.300. The second kappa shape index (κ2) is 9.02. The average molecular weight is 338 g/mol. The number of carbonyl (C=O) groups is 2. The summed E-state index contributed by atoms with van der Waals surface area (Å²) >= 11 is 0. The van der Waals surface area contributed by atoms with E-state index in [0.717, 1.165) is 18.4 Å². The van der Waals surface area contributed by atoms with Crippen molar-refractivity contribution in [3.05, 3.63) is 65.2 Å². The molecule has 0 aromatic heterocycles. The van der Waals surface area contributed by atoms with Gasteiger partial charge in [-0.15, -0.1) is 0 Å². The highest BCUT2D eigenvalue weighted by atomic mass is 16.2. The Morgan fingerprint density at radius 3 is 2.24 bits per heavy atom. The molecule has 2 rings (SSSR count). The zero-order valence-electron chi connectivity index (χ0n) is 15.1. The topological polar surface area (TPSA) is 58.2 Å². The number of hydrogen-bond donors (Lipinski definition) is 2. The summed E-state index contributed by atoms with van der Waals surface area (Å²) in [5, 5.41) is 5.79. The Balaban J connectivity index is 2.06. The first-order valence-electron chi connectivity index (χ1n) is 8.81. The van der Waals surface area contributed by atoms with Gasteiger partial charge in [0, 0.05) is 6.04 Å². The molecule has 2 aromatic rings. The lowest BCUT2D eigenvalue weighted by atomic mass is 10.1. The van der Waals surface area contributed by atoms with Gasteiger partial charge in [0.1, 0.15) is 0 Å². The molecule has 4 heteroatoms. The normalized spacial score (nSPS) is 11.6. The van der Waals surface area contributed by atoms with Crippen LogP contribution < -0.4 is 10.6 Å². The molecule has 0 bridgehead atoms. The van der Waals surface area contributed by atoms with Gasteiger partial charge in [0.05, 0.1) is 17.7 Å². The summed E-state index contributed by atoms with van der Waals surface area (Å²) in [4.78, 5) is 24.7. The highest BCUT2D eigenvalue weighted by molar-refractivity contribution is 6.04. The molecule has 0 fully saturated rings. The third-order valence-corrected chi connectivity index (χ3v) is 4.23. The van der Waals surface area contributed by atoms with Crippen LogP contribution in [0.2, 0.25) is 0 Å². The molecule has 2 N–H and O–H groups in total. The summed E-state index contributed by atoms with van der Waals surface area (Å²) < 4.78 is 0. The van der Waals surface area contributed by atoms with Crippen LogP contribution in [0.5, 0.6) is 0 Å². The van der Waals surface area contributed by atoms with Crippen molar-refractivity contribution in [2.75, 3.05) is 5.32 Å². The fourth-order valence-corrected chi connectivity index (χ4v) is 2.47. The van der Waals surface area contributed by atoms with Gasteiger partial charge in [0.25, 0.3) is 5.91 Å². The Kier molecular flexibility index (Phi) is 6.75. The monoisotopic (exact) mass is 338 g/mol. The maximum Gasteiger partial charge on any atom is 0.253 e. The molecule has 0 heterocycles. The number of hydrogen-bond acceptors (Lipinski definition) is 2. The molecular weight excluding hydrogens is 312 g/mol. The summed E-state index contributed by atoms with van der Waals surface area (Å²) in [6.07, 6.45) is 2.12. The fourth-order valence-electron chi connectivity index (χ4n) is 2.47. The van der Waals surface area contributed by atoms with Crippen molar-refractivity contribution >= 4 is 17.5 Å². The van der Waals surface area contributed by atoms with E-state index in [0.29, 0.717) is 11.3 Å². The minimum atomic E-state index is -0.169. The minimum absolute atomic E-state index is 0.0911. The molecule has 0 unspecified atom stereocenters. The van der Waals surface area contributed by atoms with Crippen LogP contribution in [0.25, 0.3) is 0 Å². The Labute approximate surface area is 149 Å². The SMILES string of the molecule is CCc1ccc(CC(=O)Nc2ccccc2C(=O)N[C@H](C)CC)cc1. The summed E-state index contributed by atoms with van der Waals surface area (Å²) in [5.41, 5.74) is 3.23. The lowest BCUT2D eigenvalue weighted by molar-refractivity contribution is -0.115. The highest BCUT2D eigenvalue weighted by Crippen LogP contribution is 2.16. The third kappa shape index (κ3) is 5.45. The van der Waals surface area contributed by atoms with E-state index in [1.807, 2.05) is 44.2 Å². The maximum atomic E-state index is 12.4. The first kappa shape index (κ1) is 18.7. The van der Waals surface area contributed by atoms with Gasteiger partial charge < -0.3 is 10.6 Å². The molecule has 0 aliphatic rings. The van der Waals surface area contributed by atoms with Crippen LogP contribution in [0, 0.1) is 0 Å². The van der Waals surface area contributed by atoms with Crippen molar-refractivity contribution in [1.29, 1.82) is 0 Å². The molecule has 132 valence electrons. The Bertz CT molecular complexity index is 723.